The van der Waals surface area contributed by atoms with Crippen molar-refractivity contribution in [2.24, 2.45) is 5.41 Å². The number of hydrogen-bond acceptors (Lipinski definition) is 1. The molecule has 0 aromatic heterocycles. The molecule has 0 aliphatic heterocycles. The molecule has 1 atom stereocenters. The van der Waals surface area contributed by atoms with Crippen LogP contribution in [0.2, 0.25) is 0 Å². The fraction of sp³-hybridized carbons (Fsp3) is 0.750. The lowest BCUT2D eigenvalue weighted by atomic mass is 9.79. The highest BCUT2D eigenvalue weighted by Gasteiger charge is 2.26. The van der Waals surface area contributed by atoms with Crippen LogP contribution in [0.1, 0.15) is 48.5 Å². The van der Waals surface area contributed by atoms with Crippen LogP contribution in [0.3, 0.4) is 0 Å². The van der Waals surface area contributed by atoms with Crippen molar-refractivity contribution in [3.8, 4) is 0 Å². The normalized spacial score (nSPS) is 12.2. The minimum atomic E-state index is -0.0360. The number of nitrogens with one attached hydrogen (secondary N) is 1. The third-order valence-electron chi connectivity index (χ3n) is 2.60. The predicted molar refractivity (Wildman–Crippen MR) is 63.2 cm³/mol. The summed E-state index contributed by atoms with van der Waals surface area (Å²) in [7, 11) is 0. The van der Waals surface area contributed by atoms with E-state index in [0.717, 1.165) is 5.57 Å². The smallest absolute Gasteiger partial charge is 0.217 e. The van der Waals surface area contributed by atoms with Crippen molar-refractivity contribution in [1.82, 2.24) is 5.32 Å². The Morgan fingerprint density at radius 1 is 1.29 bits per heavy atom. The van der Waals surface area contributed by atoms with Crippen molar-refractivity contribution in [1.29, 1.82) is 0 Å². The molecule has 1 amide bonds. The average Bonchev–Trinajstić information content (AvgIpc) is 2.06. The Hall–Kier alpha value is -0.790. The zero-order valence-electron chi connectivity index (χ0n) is 10.7. The highest BCUT2D eigenvalue weighted by atomic mass is 16.1. The van der Waals surface area contributed by atoms with Crippen LogP contribution in [-0.2, 0) is 4.79 Å². The van der Waals surface area contributed by atoms with Gasteiger partial charge in [-0.3, -0.25) is 4.79 Å². The Morgan fingerprint density at radius 2 is 1.64 bits per heavy atom. The van der Waals surface area contributed by atoms with Crippen LogP contribution in [0.4, 0.5) is 0 Å². The second-order valence-corrected chi connectivity index (χ2v) is 3.92. The largest absolute Gasteiger partial charge is 0.353 e. The van der Waals surface area contributed by atoms with E-state index in [0.29, 0.717) is 0 Å². The van der Waals surface area contributed by atoms with Crippen LogP contribution in [0.15, 0.2) is 12.2 Å². The number of carbonyl (C=O) groups excluding carboxylic acids is 1. The number of rotatable bonds is 3. The molecule has 0 saturated heterocycles. The first-order chi connectivity index (χ1) is 6.28. The van der Waals surface area contributed by atoms with Crippen molar-refractivity contribution in [2.45, 2.75) is 54.5 Å². The van der Waals surface area contributed by atoms with E-state index in [4.69, 9.17) is 0 Å². The molecule has 0 aliphatic rings. The lowest BCUT2D eigenvalue weighted by Gasteiger charge is -2.32. The van der Waals surface area contributed by atoms with Crippen molar-refractivity contribution < 1.29 is 4.79 Å². The fourth-order valence-electron chi connectivity index (χ4n) is 0.855. The monoisotopic (exact) mass is 199 g/mol. The molecule has 0 saturated carbocycles. The summed E-state index contributed by atoms with van der Waals surface area (Å²) >= 11 is 0. The van der Waals surface area contributed by atoms with Gasteiger partial charge >= 0.3 is 0 Å². The molecule has 0 aliphatic carbocycles. The van der Waals surface area contributed by atoms with Crippen LogP contribution in [0.5, 0.6) is 0 Å². The molecule has 84 valence electrons. The van der Waals surface area contributed by atoms with Crippen LogP contribution in [0.25, 0.3) is 0 Å². The minimum Gasteiger partial charge on any atom is -0.353 e. The van der Waals surface area contributed by atoms with Crippen LogP contribution < -0.4 is 5.32 Å². The van der Waals surface area contributed by atoms with Crippen LogP contribution in [-0.4, -0.2) is 11.9 Å². The molecular weight excluding hydrogens is 174 g/mol. The summed E-state index contributed by atoms with van der Waals surface area (Å²) in [5.74, 6) is 0.0109. The van der Waals surface area contributed by atoms with E-state index < -0.39 is 0 Å². The maximum atomic E-state index is 10.8. The zero-order chi connectivity index (χ0) is 11.9. The van der Waals surface area contributed by atoms with Gasteiger partial charge in [0.15, 0.2) is 0 Å². The van der Waals surface area contributed by atoms with E-state index in [1.807, 2.05) is 27.7 Å². The Kier molecular flexibility index (Phi) is 7.42. The van der Waals surface area contributed by atoms with E-state index in [1.165, 1.54) is 6.92 Å². The van der Waals surface area contributed by atoms with E-state index in [9.17, 15) is 4.79 Å². The van der Waals surface area contributed by atoms with Gasteiger partial charge in [-0.1, -0.05) is 39.8 Å². The lowest BCUT2D eigenvalue weighted by molar-refractivity contribution is -0.120. The molecule has 1 unspecified atom stereocenters. The van der Waals surface area contributed by atoms with E-state index >= 15 is 0 Å². The van der Waals surface area contributed by atoms with Crippen LogP contribution in [0, 0.1) is 5.41 Å². The SMILES string of the molecule is C=C(C)C(C)(C)C(C)NC(C)=O.CC. The van der Waals surface area contributed by atoms with Gasteiger partial charge in [0.1, 0.15) is 0 Å². The summed E-state index contributed by atoms with van der Waals surface area (Å²) < 4.78 is 0. The van der Waals surface area contributed by atoms with Crippen molar-refractivity contribution >= 4 is 5.91 Å². The highest BCUT2D eigenvalue weighted by molar-refractivity contribution is 5.73. The van der Waals surface area contributed by atoms with Gasteiger partial charge in [0.2, 0.25) is 5.91 Å². The van der Waals surface area contributed by atoms with Crippen molar-refractivity contribution in [3.63, 3.8) is 0 Å². The van der Waals surface area contributed by atoms with Gasteiger partial charge in [0.05, 0.1) is 0 Å². The van der Waals surface area contributed by atoms with Gasteiger partial charge in [-0.15, -0.1) is 0 Å². The number of amides is 1. The van der Waals surface area contributed by atoms with Gasteiger partial charge < -0.3 is 5.32 Å². The Morgan fingerprint density at radius 3 is 1.86 bits per heavy atom. The Balaban J connectivity index is 0. The van der Waals surface area contributed by atoms with Crippen molar-refractivity contribution in [2.75, 3.05) is 0 Å². The summed E-state index contributed by atoms with van der Waals surface area (Å²) in [5.41, 5.74) is 1.05. The first-order valence-corrected chi connectivity index (χ1v) is 5.21. The molecule has 2 heteroatoms. The lowest BCUT2D eigenvalue weighted by Crippen LogP contribution is -2.42. The van der Waals surface area contributed by atoms with E-state index in [-0.39, 0.29) is 17.4 Å². The molecule has 0 rings (SSSR count). The molecular formula is C12H25NO. The van der Waals surface area contributed by atoms with Crippen LogP contribution >= 0.6 is 0 Å². The van der Waals surface area contributed by atoms with Crippen molar-refractivity contribution in [3.05, 3.63) is 12.2 Å². The molecule has 0 bridgehead atoms. The van der Waals surface area contributed by atoms with Gasteiger partial charge in [0.25, 0.3) is 0 Å². The maximum Gasteiger partial charge on any atom is 0.217 e. The van der Waals surface area contributed by atoms with E-state index in [2.05, 4.69) is 25.7 Å². The highest BCUT2D eigenvalue weighted by Crippen LogP contribution is 2.28. The van der Waals surface area contributed by atoms with Gasteiger partial charge in [0, 0.05) is 18.4 Å². The Labute approximate surface area is 88.8 Å². The maximum absolute atomic E-state index is 10.8. The summed E-state index contributed by atoms with van der Waals surface area (Å²) in [5, 5.41) is 2.86. The molecule has 2 nitrogen and oxygen atoms in total. The molecule has 0 radical (unpaired) electrons. The summed E-state index contributed by atoms with van der Waals surface area (Å²) in [6.45, 7) is 17.6. The third kappa shape index (κ3) is 5.05. The van der Waals surface area contributed by atoms with Gasteiger partial charge in [-0.2, -0.15) is 0 Å². The second kappa shape index (κ2) is 6.63. The first kappa shape index (κ1) is 15.7. The molecule has 14 heavy (non-hydrogen) atoms. The van der Waals surface area contributed by atoms with Gasteiger partial charge in [-0.25, -0.2) is 0 Å². The number of hydrogen-bond donors (Lipinski definition) is 1. The average molecular weight is 199 g/mol. The molecule has 0 heterocycles. The summed E-state index contributed by atoms with van der Waals surface area (Å²) in [6.07, 6.45) is 0. The summed E-state index contributed by atoms with van der Waals surface area (Å²) in [6, 6.07) is 0.132. The number of carbonyl (C=O) groups is 1. The fourth-order valence-corrected chi connectivity index (χ4v) is 0.855. The van der Waals surface area contributed by atoms with E-state index in [1.54, 1.807) is 0 Å². The second-order valence-electron chi connectivity index (χ2n) is 3.92. The predicted octanol–water partition coefficient (Wildman–Crippen LogP) is 3.14. The quantitative estimate of drug-likeness (QED) is 0.695. The molecule has 1 N–H and O–H groups in total. The molecule has 0 fully saturated rings. The minimum absolute atomic E-state index is 0.0109. The molecule has 0 aromatic rings. The first-order valence-electron chi connectivity index (χ1n) is 5.21. The third-order valence-corrected chi connectivity index (χ3v) is 2.60. The standard InChI is InChI=1S/C10H19NO.C2H6/c1-7(2)10(5,6)8(3)11-9(4)12;1-2/h8H,1H2,2-6H3,(H,11,12);1-2H3. The Bertz CT molecular complexity index is 194. The molecule has 0 aromatic carbocycles. The molecule has 0 spiro atoms. The topological polar surface area (TPSA) is 29.1 Å². The van der Waals surface area contributed by atoms with Gasteiger partial charge in [-0.05, 0) is 13.8 Å². The zero-order valence-corrected chi connectivity index (χ0v) is 10.7. The summed E-state index contributed by atoms with van der Waals surface area (Å²) in [4.78, 5) is 10.8.